The van der Waals surface area contributed by atoms with Crippen molar-refractivity contribution < 1.29 is 4.79 Å². The van der Waals surface area contributed by atoms with Crippen LogP contribution in [0.2, 0.25) is 10.0 Å². The fourth-order valence-corrected chi connectivity index (χ4v) is 1.51. The number of nitrogens with one attached hydrogen (secondary N) is 1. The number of rotatable bonds is 1. The minimum atomic E-state index is -0.394. The fraction of sp³-hybridized carbons (Fsp3) is 0. The number of carbonyl (C=O) groups is 1. The molecule has 1 N–H and O–H groups in total. The molecule has 1 amide bonds. The fourth-order valence-electron chi connectivity index (χ4n) is 1.16. The molecule has 1 aromatic heterocycles. The molecule has 4 nitrogen and oxygen atoms in total. The predicted molar refractivity (Wildman–Crippen MR) is 63.1 cm³/mol. The third-order valence-corrected chi connectivity index (χ3v) is 2.72. The van der Waals surface area contributed by atoms with Gasteiger partial charge in [0.2, 0.25) is 0 Å². The Morgan fingerprint density at radius 1 is 1.31 bits per heavy atom. The minimum Gasteiger partial charge on any atom is -0.305 e. The molecule has 0 fully saturated rings. The summed E-state index contributed by atoms with van der Waals surface area (Å²) in [6.07, 6.45) is 3.05. The van der Waals surface area contributed by atoms with Gasteiger partial charge in [0.15, 0.2) is 0 Å². The van der Waals surface area contributed by atoms with Crippen molar-refractivity contribution in [2.45, 2.75) is 0 Å². The molecule has 0 radical (unpaired) electrons. The number of carbonyl (C=O) groups excluding carboxylic acids is 1. The zero-order valence-electron chi connectivity index (χ0n) is 8.02. The molecule has 0 aliphatic rings. The molecular formula is C10H7Cl2N3O. The van der Waals surface area contributed by atoms with Crippen molar-refractivity contribution in [3.8, 4) is 0 Å². The van der Waals surface area contributed by atoms with E-state index in [4.69, 9.17) is 23.2 Å². The van der Waals surface area contributed by atoms with E-state index in [1.807, 2.05) is 0 Å². The first-order valence-corrected chi connectivity index (χ1v) is 5.19. The molecule has 0 unspecified atom stereocenters. The van der Waals surface area contributed by atoms with E-state index in [0.29, 0.717) is 15.7 Å². The van der Waals surface area contributed by atoms with Gasteiger partial charge in [-0.2, -0.15) is 9.78 Å². The van der Waals surface area contributed by atoms with Gasteiger partial charge in [-0.05, 0) is 18.2 Å². The van der Waals surface area contributed by atoms with E-state index >= 15 is 0 Å². The Labute approximate surface area is 102 Å². The van der Waals surface area contributed by atoms with Crippen molar-refractivity contribution in [2.75, 3.05) is 5.32 Å². The molecule has 82 valence electrons. The van der Waals surface area contributed by atoms with Gasteiger partial charge >= 0.3 is 6.03 Å². The van der Waals surface area contributed by atoms with Crippen LogP contribution < -0.4 is 5.32 Å². The standard InChI is InChI=1S/C10H7Cl2N3O/c11-7-3-1-4-8(9(7)12)14-10(16)15-6-2-5-13-15/h1-6H,(H,14,16). The topological polar surface area (TPSA) is 46.9 Å². The van der Waals surface area contributed by atoms with Crippen LogP contribution in [-0.2, 0) is 0 Å². The average Bonchev–Trinajstić information content (AvgIpc) is 2.78. The molecule has 0 spiro atoms. The molecule has 0 aliphatic carbocycles. The smallest absolute Gasteiger partial charge is 0.305 e. The van der Waals surface area contributed by atoms with Gasteiger partial charge in [-0.15, -0.1) is 0 Å². The summed E-state index contributed by atoms with van der Waals surface area (Å²) in [6, 6.07) is 6.27. The van der Waals surface area contributed by atoms with Crippen LogP contribution in [0.25, 0.3) is 0 Å². The number of nitrogens with zero attached hydrogens (tertiary/aromatic N) is 2. The maximum Gasteiger partial charge on any atom is 0.346 e. The Morgan fingerprint density at radius 2 is 2.12 bits per heavy atom. The molecule has 6 heteroatoms. The number of aromatic nitrogens is 2. The van der Waals surface area contributed by atoms with Crippen molar-refractivity contribution in [1.29, 1.82) is 0 Å². The second-order valence-electron chi connectivity index (χ2n) is 2.98. The lowest BCUT2D eigenvalue weighted by Gasteiger charge is -2.07. The second kappa shape index (κ2) is 4.55. The Morgan fingerprint density at radius 3 is 2.81 bits per heavy atom. The molecule has 0 atom stereocenters. The summed E-state index contributed by atoms with van der Waals surface area (Å²) in [4.78, 5) is 11.6. The highest BCUT2D eigenvalue weighted by molar-refractivity contribution is 6.43. The van der Waals surface area contributed by atoms with E-state index in [9.17, 15) is 4.79 Å². The Hall–Kier alpha value is -1.52. The summed E-state index contributed by atoms with van der Waals surface area (Å²) >= 11 is 11.7. The van der Waals surface area contributed by atoms with Gasteiger partial charge in [-0.3, -0.25) is 0 Å². The predicted octanol–water partition coefficient (Wildman–Crippen LogP) is 3.27. The number of benzene rings is 1. The maximum absolute atomic E-state index is 11.6. The summed E-state index contributed by atoms with van der Waals surface area (Å²) in [5, 5.41) is 7.09. The van der Waals surface area contributed by atoms with Crippen LogP contribution >= 0.6 is 23.2 Å². The molecule has 0 bridgehead atoms. The van der Waals surface area contributed by atoms with Crippen molar-refractivity contribution >= 4 is 34.9 Å². The van der Waals surface area contributed by atoms with E-state index in [0.717, 1.165) is 4.68 Å². The van der Waals surface area contributed by atoms with Crippen molar-refractivity contribution in [2.24, 2.45) is 0 Å². The van der Waals surface area contributed by atoms with Gasteiger partial charge in [-0.25, -0.2) is 4.79 Å². The van der Waals surface area contributed by atoms with Gasteiger partial charge in [0.05, 0.1) is 15.7 Å². The van der Waals surface area contributed by atoms with Crippen LogP contribution in [0.4, 0.5) is 10.5 Å². The largest absolute Gasteiger partial charge is 0.346 e. The van der Waals surface area contributed by atoms with E-state index in [-0.39, 0.29) is 0 Å². The van der Waals surface area contributed by atoms with E-state index < -0.39 is 6.03 Å². The molecule has 1 heterocycles. The van der Waals surface area contributed by atoms with Crippen molar-refractivity contribution in [3.05, 3.63) is 46.7 Å². The van der Waals surface area contributed by atoms with Gasteiger partial charge in [0.25, 0.3) is 0 Å². The summed E-state index contributed by atoms with van der Waals surface area (Å²) in [7, 11) is 0. The molecular weight excluding hydrogens is 249 g/mol. The first-order chi connectivity index (χ1) is 7.68. The maximum atomic E-state index is 11.6. The summed E-state index contributed by atoms with van der Waals surface area (Å²) in [5.41, 5.74) is 0.453. The number of hydrogen-bond acceptors (Lipinski definition) is 2. The van der Waals surface area contributed by atoms with Gasteiger partial charge in [0.1, 0.15) is 0 Å². The summed E-state index contributed by atoms with van der Waals surface area (Å²) < 4.78 is 1.16. The average molecular weight is 256 g/mol. The monoisotopic (exact) mass is 255 g/mol. The zero-order valence-corrected chi connectivity index (χ0v) is 9.53. The van der Waals surface area contributed by atoms with Gasteiger partial charge in [0, 0.05) is 12.4 Å². The third kappa shape index (κ3) is 2.18. The number of amides is 1. The van der Waals surface area contributed by atoms with Crippen LogP contribution in [0.3, 0.4) is 0 Å². The first-order valence-electron chi connectivity index (χ1n) is 4.43. The highest BCUT2D eigenvalue weighted by Crippen LogP contribution is 2.29. The normalized spacial score (nSPS) is 10.1. The summed E-state index contributed by atoms with van der Waals surface area (Å²) in [5.74, 6) is 0. The first kappa shape index (κ1) is 11.0. The lowest BCUT2D eigenvalue weighted by molar-refractivity contribution is 0.251. The highest BCUT2D eigenvalue weighted by Gasteiger charge is 2.09. The number of hydrogen-bond donors (Lipinski definition) is 1. The Kier molecular flexibility index (Phi) is 3.12. The summed E-state index contributed by atoms with van der Waals surface area (Å²) in [6.45, 7) is 0. The van der Waals surface area contributed by atoms with Crippen LogP contribution in [-0.4, -0.2) is 15.8 Å². The molecule has 0 aliphatic heterocycles. The van der Waals surface area contributed by atoms with E-state index in [2.05, 4.69) is 10.4 Å². The minimum absolute atomic E-state index is 0.310. The third-order valence-electron chi connectivity index (χ3n) is 1.91. The lowest BCUT2D eigenvalue weighted by atomic mass is 10.3. The van der Waals surface area contributed by atoms with Gasteiger partial charge in [-0.1, -0.05) is 29.3 Å². The molecule has 0 saturated heterocycles. The Balaban J connectivity index is 2.22. The number of anilines is 1. The quantitative estimate of drug-likeness (QED) is 0.851. The van der Waals surface area contributed by atoms with Crippen LogP contribution in [0.5, 0.6) is 0 Å². The lowest BCUT2D eigenvalue weighted by Crippen LogP contribution is -2.19. The zero-order chi connectivity index (χ0) is 11.5. The van der Waals surface area contributed by atoms with E-state index in [1.54, 1.807) is 24.3 Å². The van der Waals surface area contributed by atoms with Crippen molar-refractivity contribution in [1.82, 2.24) is 9.78 Å². The molecule has 2 rings (SSSR count). The number of halogens is 2. The Bertz CT molecular complexity index is 511. The van der Waals surface area contributed by atoms with Crippen LogP contribution in [0, 0.1) is 0 Å². The van der Waals surface area contributed by atoms with E-state index in [1.165, 1.54) is 12.4 Å². The molecule has 0 saturated carbocycles. The molecule has 16 heavy (non-hydrogen) atoms. The van der Waals surface area contributed by atoms with Crippen LogP contribution in [0.15, 0.2) is 36.7 Å². The second-order valence-corrected chi connectivity index (χ2v) is 3.77. The van der Waals surface area contributed by atoms with Crippen molar-refractivity contribution in [3.63, 3.8) is 0 Å². The van der Waals surface area contributed by atoms with Crippen LogP contribution in [0.1, 0.15) is 0 Å². The van der Waals surface area contributed by atoms with Gasteiger partial charge < -0.3 is 5.32 Å². The molecule has 1 aromatic carbocycles. The highest BCUT2D eigenvalue weighted by atomic mass is 35.5. The SMILES string of the molecule is O=C(Nc1cccc(Cl)c1Cl)n1cccn1. The molecule has 2 aromatic rings.